The number of amides is 1. The highest BCUT2D eigenvalue weighted by Crippen LogP contribution is 2.41. The van der Waals surface area contributed by atoms with Gasteiger partial charge >= 0.3 is 0 Å². The number of nitrogens with zero attached hydrogens (tertiary/aromatic N) is 3. The quantitative estimate of drug-likeness (QED) is 0.918. The van der Waals surface area contributed by atoms with Crippen LogP contribution >= 0.6 is 0 Å². The largest absolute Gasteiger partial charge is 0.367 e. The summed E-state index contributed by atoms with van der Waals surface area (Å²) in [5.41, 5.74) is 4.16. The van der Waals surface area contributed by atoms with Crippen molar-refractivity contribution in [2.24, 2.45) is 5.92 Å². The Labute approximate surface area is 123 Å². The second-order valence-corrected chi connectivity index (χ2v) is 5.69. The normalized spacial score (nSPS) is 16.1. The second-order valence-electron chi connectivity index (χ2n) is 5.69. The summed E-state index contributed by atoms with van der Waals surface area (Å²) < 4.78 is 0. The van der Waals surface area contributed by atoms with Crippen LogP contribution in [0, 0.1) is 5.92 Å². The molecule has 106 valence electrons. The lowest BCUT2D eigenvalue weighted by Gasteiger charge is -2.30. The Morgan fingerprint density at radius 2 is 2.14 bits per heavy atom. The average Bonchev–Trinajstić information content (AvgIpc) is 3.32. The topological polar surface area (TPSA) is 58.1 Å². The van der Waals surface area contributed by atoms with Gasteiger partial charge in [-0.2, -0.15) is 0 Å². The fourth-order valence-electron chi connectivity index (χ4n) is 2.83. The molecule has 2 aromatic rings. The van der Waals surface area contributed by atoms with E-state index in [1.54, 1.807) is 12.4 Å². The predicted molar refractivity (Wildman–Crippen MR) is 80.9 cm³/mol. The second kappa shape index (κ2) is 4.55. The van der Waals surface area contributed by atoms with Gasteiger partial charge in [-0.1, -0.05) is 6.07 Å². The summed E-state index contributed by atoms with van der Waals surface area (Å²) in [5, 5.41) is 2.97. The number of hydrogen-bond donors (Lipinski definition) is 1. The van der Waals surface area contributed by atoms with E-state index in [0.717, 1.165) is 36.3 Å². The number of aromatic nitrogens is 2. The number of carbonyl (C=O) groups excluding carboxylic acids is 1. The van der Waals surface area contributed by atoms with Crippen LogP contribution in [0.25, 0.3) is 11.3 Å². The molecule has 1 amide bonds. The summed E-state index contributed by atoms with van der Waals surface area (Å²) in [5.74, 6) is 0.890. The van der Waals surface area contributed by atoms with Crippen molar-refractivity contribution in [2.45, 2.75) is 19.4 Å². The van der Waals surface area contributed by atoms with E-state index in [1.807, 2.05) is 19.2 Å². The highest BCUT2D eigenvalue weighted by Gasteiger charge is 2.31. The van der Waals surface area contributed by atoms with Gasteiger partial charge in [0, 0.05) is 37.5 Å². The zero-order valence-electron chi connectivity index (χ0n) is 11.8. The van der Waals surface area contributed by atoms with Crippen LogP contribution in [-0.4, -0.2) is 22.9 Å². The summed E-state index contributed by atoms with van der Waals surface area (Å²) in [7, 11) is 2.02. The van der Waals surface area contributed by atoms with E-state index >= 15 is 0 Å². The van der Waals surface area contributed by atoms with Crippen molar-refractivity contribution in [3.8, 4) is 11.3 Å². The van der Waals surface area contributed by atoms with Crippen molar-refractivity contribution >= 4 is 17.4 Å². The van der Waals surface area contributed by atoms with Gasteiger partial charge in [0.15, 0.2) is 5.82 Å². The van der Waals surface area contributed by atoms with Gasteiger partial charge in [-0.3, -0.25) is 9.78 Å². The van der Waals surface area contributed by atoms with Crippen LogP contribution in [0.2, 0.25) is 0 Å². The molecule has 1 aliphatic carbocycles. The maximum Gasteiger partial charge on any atom is 0.228 e. The van der Waals surface area contributed by atoms with Gasteiger partial charge < -0.3 is 10.2 Å². The maximum absolute atomic E-state index is 12.0. The van der Waals surface area contributed by atoms with Crippen molar-refractivity contribution in [1.29, 1.82) is 0 Å². The fraction of sp³-hybridized carbons (Fsp3) is 0.312. The number of carbonyl (C=O) groups is 1. The molecule has 3 heterocycles. The molecular weight excluding hydrogens is 264 g/mol. The van der Waals surface area contributed by atoms with Crippen molar-refractivity contribution in [3.63, 3.8) is 0 Å². The molecule has 2 aliphatic rings. The lowest BCUT2D eigenvalue weighted by Crippen LogP contribution is -2.25. The highest BCUT2D eigenvalue weighted by atomic mass is 16.2. The molecule has 0 radical (unpaired) electrons. The van der Waals surface area contributed by atoms with Gasteiger partial charge in [-0.05, 0) is 30.5 Å². The molecule has 0 aromatic carbocycles. The Morgan fingerprint density at radius 1 is 1.29 bits per heavy atom. The molecule has 0 unspecified atom stereocenters. The summed E-state index contributed by atoms with van der Waals surface area (Å²) in [6, 6.07) is 6.00. The Hall–Kier alpha value is -2.43. The molecule has 4 rings (SSSR count). The van der Waals surface area contributed by atoms with E-state index < -0.39 is 0 Å². The number of nitrogens with one attached hydrogen (secondary N) is 1. The lowest BCUT2D eigenvalue weighted by molar-refractivity contribution is -0.117. The van der Waals surface area contributed by atoms with Crippen LogP contribution in [0.15, 0.2) is 30.6 Å². The van der Waals surface area contributed by atoms with Gasteiger partial charge in [0.05, 0.1) is 11.4 Å². The van der Waals surface area contributed by atoms with Crippen LogP contribution in [0.5, 0.6) is 0 Å². The Balaban J connectivity index is 1.80. The van der Waals surface area contributed by atoms with Crippen molar-refractivity contribution in [2.75, 3.05) is 17.3 Å². The van der Waals surface area contributed by atoms with E-state index in [9.17, 15) is 4.79 Å². The first-order chi connectivity index (χ1) is 10.2. The molecule has 5 nitrogen and oxygen atoms in total. The number of rotatable bonds is 2. The van der Waals surface area contributed by atoms with Gasteiger partial charge in [-0.25, -0.2) is 4.98 Å². The summed E-state index contributed by atoms with van der Waals surface area (Å²) in [6.45, 7) is 0.772. The maximum atomic E-state index is 12.0. The van der Waals surface area contributed by atoms with Crippen molar-refractivity contribution in [1.82, 2.24) is 9.97 Å². The zero-order chi connectivity index (χ0) is 14.4. The summed E-state index contributed by atoms with van der Waals surface area (Å²) in [6.07, 6.45) is 5.51. The van der Waals surface area contributed by atoms with Crippen LogP contribution in [0.3, 0.4) is 0 Å². The third kappa shape index (κ3) is 2.05. The summed E-state index contributed by atoms with van der Waals surface area (Å²) >= 11 is 0. The van der Waals surface area contributed by atoms with E-state index in [1.165, 1.54) is 5.56 Å². The monoisotopic (exact) mass is 280 g/mol. The van der Waals surface area contributed by atoms with E-state index in [2.05, 4.69) is 26.3 Å². The fourth-order valence-corrected chi connectivity index (χ4v) is 2.83. The Morgan fingerprint density at radius 3 is 2.95 bits per heavy atom. The van der Waals surface area contributed by atoms with Crippen LogP contribution in [-0.2, 0) is 11.3 Å². The van der Waals surface area contributed by atoms with Gasteiger partial charge in [0.1, 0.15) is 0 Å². The lowest BCUT2D eigenvalue weighted by atomic mass is 9.99. The van der Waals surface area contributed by atoms with E-state index in [0.29, 0.717) is 5.82 Å². The standard InChI is InChI=1S/C16H16N4O/c1-20-9-11-3-2-7-17-13(11)12-6-8-18-15(14(12)20)19-16(21)10-4-5-10/h2-3,6-8,10H,4-5,9H2,1H3,(H,18,19,21). The SMILES string of the molecule is CN1Cc2cccnc2-c2ccnc(NC(=O)C3CC3)c21. The first-order valence-corrected chi connectivity index (χ1v) is 7.19. The number of fused-ring (bicyclic) bond motifs is 3. The number of anilines is 2. The average molecular weight is 280 g/mol. The molecule has 1 N–H and O–H groups in total. The van der Waals surface area contributed by atoms with E-state index in [4.69, 9.17) is 0 Å². The highest BCUT2D eigenvalue weighted by molar-refractivity contribution is 5.99. The van der Waals surface area contributed by atoms with Crippen LogP contribution in [0.1, 0.15) is 18.4 Å². The number of pyridine rings is 2. The molecule has 0 atom stereocenters. The molecule has 0 saturated heterocycles. The molecule has 0 spiro atoms. The van der Waals surface area contributed by atoms with Gasteiger partial charge in [0.2, 0.25) is 5.91 Å². The molecule has 5 heteroatoms. The molecule has 2 aromatic heterocycles. The first kappa shape index (κ1) is 12.3. The molecular formula is C16H16N4O. The zero-order valence-corrected chi connectivity index (χ0v) is 11.8. The molecule has 1 saturated carbocycles. The van der Waals surface area contributed by atoms with Crippen molar-refractivity contribution in [3.05, 3.63) is 36.2 Å². The minimum Gasteiger partial charge on any atom is -0.367 e. The Bertz CT molecular complexity index is 724. The first-order valence-electron chi connectivity index (χ1n) is 7.19. The molecule has 21 heavy (non-hydrogen) atoms. The van der Waals surface area contributed by atoms with E-state index in [-0.39, 0.29) is 11.8 Å². The predicted octanol–water partition coefficient (Wildman–Crippen LogP) is 2.44. The third-order valence-corrected chi connectivity index (χ3v) is 4.05. The molecule has 1 fully saturated rings. The summed E-state index contributed by atoms with van der Waals surface area (Å²) in [4.78, 5) is 23.0. The Kier molecular flexibility index (Phi) is 2.67. The smallest absolute Gasteiger partial charge is 0.228 e. The minimum atomic E-state index is 0.0797. The van der Waals surface area contributed by atoms with Gasteiger partial charge in [0.25, 0.3) is 0 Å². The third-order valence-electron chi connectivity index (χ3n) is 4.05. The van der Waals surface area contributed by atoms with Crippen molar-refractivity contribution < 1.29 is 4.79 Å². The minimum absolute atomic E-state index is 0.0797. The number of hydrogen-bond acceptors (Lipinski definition) is 4. The molecule has 0 bridgehead atoms. The molecule has 1 aliphatic heterocycles. The van der Waals surface area contributed by atoms with Crippen LogP contribution < -0.4 is 10.2 Å². The van der Waals surface area contributed by atoms with Crippen LogP contribution in [0.4, 0.5) is 11.5 Å². The van der Waals surface area contributed by atoms with Gasteiger partial charge in [-0.15, -0.1) is 0 Å².